The summed E-state index contributed by atoms with van der Waals surface area (Å²) in [6.07, 6.45) is 0. The summed E-state index contributed by atoms with van der Waals surface area (Å²) in [4.78, 5) is 0. The van der Waals surface area contributed by atoms with E-state index < -0.39 is 7.59 Å². The van der Waals surface area contributed by atoms with Gasteiger partial charge in [-0.1, -0.05) is 13.8 Å². The molecule has 0 rings (SSSR count). The number of nitrogens with one attached hydrogen (secondary N) is 2. The first-order valence-corrected chi connectivity index (χ1v) is 5.11. The summed E-state index contributed by atoms with van der Waals surface area (Å²) in [6.45, 7) is 5.01. The quantitative estimate of drug-likeness (QED) is 0.256. The second kappa shape index (κ2) is 4.82. The Morgan fingerprint density at radius 1 is 1.27 bits per heavy atom. The van der Waals surface area contributed by atoms with Crippen molar-refractivity contribution < 1.29 is 4.57 Å². The Labute approximate surface area is 66.8 Å². The minimum absolute atomic E-state index is 0.627. The average Bonchev–Trinajstić information content (AvgIpc) is 2.06. The van der Waals surface area contributed by atoms with Gasteiger partial charge >= 0.3 is 7.59 Å². The van der Waals surface area contributed by atoms with E-state index in [1.54, 1.807) is 4.67 Å². The van der Waals surface area contributed by atoms with E-state index in [2.05, 4.69) is 10.4 Å². The van der Waals surface area contributed by atoms with Gasteiger partial charge < -0.3 is 0 Å². The first-order chi connectivity index (χ1) is 5.14. The van der Waals surface area contributed by atoms with Crippen LogP contribution in [0.1, 0.15) is 13.8 Å². The lowest BCUT2D eigenvalue weighted by Crippen LogP contribution is -2.41. The van der Waals surface area contributed by atoms with E-state index in [9.17, 15) is 4.57 Å². The van der Waals surface area contributed by atoms with Gasteiger partial charge in [0.15, 0.2) is 0 Å². The SMILES string of the molecule is CCN(CC)P(=O)(NN)NN. The summed E-state index contributed by atoms with van der Waals surface area (Å²) >= 11 is 0. The van der Waals surface area contributed by atoms with Crippen LogP contribution in [0.3, 0.4) is 0 Å². The molecule has 0 spiro atoms. The van der Waals surface area contributed by atoms with Crippen molar-refractivity contribution in [1.29, 1.82) is 0 Å². The molecule has 68 valence electrons. The largest absolute Gasteiger partial charge is 0.307 e. The Morgan fingerprint density at radius 2 is 1.64 bits per heavy atom. The smallest absolute Gasteiger partial charge is 0.268 e. The van der Waals surface area contributed by atoms with Crippen LogP contribution in [0.2, 0.25) is 0 Å². The molecule has 11 heavy (non-hydrogen) atoms. The van der Waals surface area contributed by atoms with Crippen LogP contribution in [0.25, 0.3) is 0 Å². The predicted octanol–water partition coefficient (Wildman–Crippen LogP) is -0.637. The van der Waals surface area contributed by atoms with E-state index in [1.165, 1.54) is 0 Å². The van der Waals surface area contributed by atoms with Gasteiger partial charge in [-0.15, -0.1) is 0 Å². The van der Waals surface area contributed by atoms with Crippen LogP contribution in [-0.4, -0.2) is 17.8 Å². The molecule has 0 saturated heterocycles. The number of rotatable bonds is 5. The van der Waals surface area contributed by atoms with Crippen molar-refractivity contribution in [2.75, 3.05) is 13.1 Å². The zero-order valence-corrected chi connectivity index (χ0v) is 7.77. The fraction of sp³-hybridized carbons (Fsp3) is 1.00. The van der Waals surface area contributed by atoms with E-state index >= 15 is 0 Å². The fourth-order valence-electron chi connectivity index (χ4n) is 0.822. The van der Waals surface area contributed by atoms with E-state index in [1.807, 2.05) is 13.8 Å². The predicted molar refractivity (Wildman–Crippen MR) is 45.2 cm³/mol. The van der Waals surface area contributed by atoms with Crippen LogP contribution >= 0.6 is 7.59 Å². The maximum atomic E-state index is 11.6. The first-order valence-electron chi connectivity index (χ1n) is 3.45. The Morgan fingerprint density at radius 3 is 1.73 bits per heavy atom. The van der Waals surface area contributed by atoms with Gasteiger partial charge in [0.2, 0.25) is 0 Å². The van der Waals surface area contributed by atoms with Crippen molar-refractivity contribution in [2.45, 2.75) is 13.8 Å². The monoisotopic (exact) mass is 181 g/mol. The van der Waals surface area contributed by atoms with Crippen LogP contribution < -0.4 is 22.1 Å². The molecule has 0 unspecified atom stereocenters. The molecule has 0 aliphatic heterocycles. The van der Waals surface area contributed by atoms with Crippen molar-refractivity contribution in [3.05, 3.63) is 0 Å². The lowest BCUT2D eigenvalue weighted by molar-refractivity contribution is 0.422. The van der Waals surface area contributed by atoms with Crippen molar-refractivity contribution in [1.82, 2.24) is 15.1 Å². The Balaban J connectivity index is 4.32. The molecule has 7 heteroatoms. The van der Waals surface area contributed by atoms with Crippen LogP contribution in [0, 0.1) is 0 Å². The molecule has 0 radical (unpaired) electrons. The minimum Gasteiger partial charge on any atom is -0.268 e. The van der Waals surface area contributed by atoms with Gasteiger partial charge in [0.05, 0.1) is 0 Å². The highest BCUT2D eigenvalue weighted by Crippen LogP contribution is 2.36. The van der Waals surface area contributed by atoms with Crippen LogP contribution in [0.5, 0.6) is 0 Å². The van der Waals surface area contributed by atoms with Crippen molar-refractivity contribution >= 4 is 7.59 Å². The topological polar surface area (TPSA) is 96.4 Å². The third-order valence-corrected chi connectivity index (χ3v) is 3.54. The molecular weight excluding hydrogens is 165 g/mol. The first kappa shape index (κ1) is 11.0. The highest BCUT2D eigenvalue weighted by Gasteiger charge is 2.24. The molecular formula is C4H16N5OP. The summed E-state index contributed by atoms with van der Waals surface area (Å²) in [5.74, 6) is 10.1. The Hall–Kier alpha value is 0.0300. The lowest BCUT2D eigenvalue weighted by atomic mass is 10.7. The Bertz CT molecular complexity index is 139. The molecule has 0 aromatic heterocycles. The molecule has 0 heterocycles. The molecule has 0 aliphatic rings. The van der Waals surface area contributed by atoms with Gasteiger partial charge in [-0.3, -0.25) is 16.3 Å². The summed E-state index contributed by atoms with van der Waals surface area (Å²) in [5, 5.41) is 4.35. The maximum absolute atomic E-state index is 11.6. The van der Waals surface area contributed by atoms with E-state index in [-0.39, 0.29) is 0 Å². The summed E-state index contributed by atoms with van der Waals surface area (Å²) < 4.78 is 13.2. The maximum Gasteiger partial charge on any atom is 0.307 e. The fourth-order valence-corrected chi connectivity index (χ4v) is 2.02. The van der Waals surface area contributed by atoms with Gasteiger partial charge in [-0.05, 0) is 0 Å². The van der Waals surface area contributed by atoms with Crippen LogP contribution in [-0.2, 0) is 4.57 Å². The summed E-state index contributed by atoms with van der Waals surface area (Å²) in [6, 6.07) is 0. The molecule has 0 fully saturated rings. The minimum atomic E-state index is -2.90. The number of hydrazine groups is 2. The molecule has 0 aromatic carbocycles. The number of hydrogen-bond acceptors (Lipinski definition) is 3. The van der Waals surface area contributed by atoms with Crippen molar-refractivity contribution in [3.63, 3.8) is 0 Å². The van der Waals surface area contributed by atoms with Gasteiger partial charge in [0.25, 0.3) is 0 Å². The van der Waals surface area contributed by atoms with E-state index in [0.29, 0.717) is 13.1 Å². The third kappa shape index (κ3) is 2.52. The van der Waals surface area contributed by atoms with E-state index in [0.717, 1.165) is 0 Å². The molecule has 0 atom stereocenters. The van der Waals surface area contributed by atoms with Crippen LogP contribution in [0.15, 0.2) is 0 Å². The third-order valence-electron chi connectivity index (χ3n) is 1.48. The van der Waals surface area contributed by atoms with Gasteiger partial charge in [0, 0.05) is 13.1 Å². The van der Waals surface area contributed by atoms with E-state index in [4.69, 9.17) is 11.7 Å². The molecule has 6 N–H and O–H groups in total. The highest BCUT2D eigenvalue weighted by molar-refractivity contribution is 7.57. The second-order valence-corrected chi connectivity index (χ2v) is 4.21. The van der Waals surface area contributed by atoms with Crippen molar-refractivity contribution in [3.8, 4) is 0 Å². The second-order valence-electron chi connectivity index (χ2n) is 1.97. The molecule has 0 aromatic rings. The zero-order valence-electron chi connectivity index (χ0n) is 6.87. The highest BCUT2D eigenvalue weighted by atomic mass is 31.2. The molecule has 0 amide bonds. The number of nitrogens with two attached hydrogens (primary N) is 2. The lowest BCUT2D eigenvalue weighted by Gasteiger charge is -2.27. The summed E-state index contributed by atoms with van der Waals surface area (Å²) in [5.41, 5.74) is 0. The van der Waals surface area contributed by atoms with Gasteiger partial charge in [-0.25, -0.2) is 4.67 Å². The number of nitrogens with zero attached hydrogens (tertiary/aromatic N) is 1. The normalized spacial score (nSPS) is 12.5. The molecule has 0 bridgehead atoms. The Kier molecular flexibility index (Phi) is 4.83. The molecule has 6 nitrogen and oxygen atoms in total. The average molecular weight is 181 g/mol. The van der Waals surface area contributed by atoms with Gasteiger partial charge in [0.1, 0.15) is 0 Å². The zero-order chi connectivity index (χ0) is 8.91. The molecule has 0 saturated carbocycles. The van der Waals surface area contributed by atoms with Crippen molar-refractivity contribution in [2.24, 2.45) is 11.7 Å². The standard InChI is InChI=1S/C4H16N5OP/c1-3-9(4-2)11(10,7-5)8-6/h3-6H2,1-2H3,(H2,7,8,10). The summed E-state index contributed by atoms with van der Waals surface area (Å²) in [7, 11) is -2.90. The van der Waals surface area contributed by atoms with Gasteiger partial charge in [-0.2, -0.15) is 10.4 Å². The number of hydrogen-bond donors (Lipinski definition) is 4. The van der Waals surface area contributed by atoms with Crippen LogP contribution in [0.4, 0.5) is 0 Å². The molecule has 0 aliphatic carbocycles.